The summed E-state index contributed by atoms with van der Waals surface area (Å²) in [5.41, 5.74) is 1.95. The molecule has 0 aliphatic rings. The van der Waals surface area contributed by atoms with E-state index >= 15 is 0 Å². The first-order valence-electron chi connectivity index (χ1n) is 7.62. The molecule has 130 valence electrons. The first-order valence-corrected chi connectivity index (χ1v) is 8.87. The lowest BCUT2D eigenvalue weighted by Gasteiger charge is -2.15. The number of thioether (sulfide) groups is 1. The first kappa shape index (κ1) is 20.8. The SMILES string of the molecule is CCNCc1ccccc1NC(=O)C(C)Sc1ccc(Cl)cc1.Cl. The molecule has 0 aromatic heterocycles. The van der Waals surface area contributed by atoms with Gasteiger partial charge in [0.2, 0.25) is 5.91 Å². The molecule has 0 radical (unpaired) electrons. The molecular weight excluding hydrogens is 363 g/mol. The van der Waals surface area contributed by atoms with E-state index in [2.05, 4.69) is 17.6 Å². The molecule has 2 N–H and O–H groups in total. The number of rotatable bonds is 7. The first-order chi connectivity index (χ1) is 11.1. The lowest BCUT2D eigenvalue weighted by Crippen LogP contribution is -2.24. The summed E-state index contributed by atoms with van der Waals surface area (Å²) in [6.45, 7) is 5.60. The van der Waals surface area contributed by atoms with Crippen LogP contribution in [0.15, 0.2) is 53.4 Å². The summed E-state index contributed by atoms with van der Waals surface area (Å²) in [7, 11) is 0. The third-order valence-electron chi connectivity index (χ3n) is 3.34. The zero-order valence-corrected chi connectivity index (χ0v) is 16.1. The van der Waals surface area contributed by atoms with Crippen molar-refractivity contribution in [1.82, 2.24) is 5.32 Å². The molecule has 2 aromatic carbocycles. The minimum atomic E-state index is -0.191. The molecule has 0 aliphatic heterocycles. The van der Waals surface area contributed by atoms with Gasteiger partial charge in [0, 0.05) is 22.2 Å². The predicted molar refractivity (Wildman–Crippen MR) is 106 cm³/mol. The number of carbonyl (C=O) groups excluding carboxylic acids is 1. The van der Waals surface area contributed by atoms with Crippen molar-refractivity contribution in [2.24, 2.45) is 0 Å². The zero-order chi connectivity index (χ0) is 16.7. The molecule has 2 rings (SSSR count). The summed E-state index contributed by atoms with van der Waals surface area (Å²) in [6, 6.07) is 15.4. The molecule has 1 atom stereocenters. The van der Waals surface area contributed by atoms with Gasteiger partial charge in [0.05, 0.1) is 5.25 Å². The smallest absolute Gasteiger partial charge is 0.237 e. The van der Waals surface area contributed by atoms with E-state index in [0.717, 1.165) is 29.2 Å². The lowest BCUT2D eigenvalue weighted by atomic mass is 10.1. The van der Waals surface area contributed by atoms with E-state index in [4.69, 9.17) is 11.6 Å². The van der Waals surface area contributed by atoms with Gasteiger partial charge in [-0.2, -0.15) is 0 Å². The molecule has 1 amide bonds. The van der Waals surface area contributed by atoms with Gasteiger partial charge in [0.15, 0.2) is 0 Å². The largest absolute Gasteiger partial charge is 0.325 e. The van der Waals surface area contributed by atoms with E-state index in [-0.39, 0.29) is 23.6 Å². The van der Waals surface area contributed by atoms with Gasteiger partial charge in [-0.1, -0.05) is 36.7 Å². The fourth-order valence-corrected chi connectivity index (χ4v) is 3.05. The fraction of sp³-hybridized carbons (Fsp3) is 0.278. The third kappa shape index (κ3) is 6.36. The Morgan fingerprint density at radius 1 is 1.17 bits per heavy atom. The van der Waals surface area contributed by atoms with Crippen LogP contribution in [0.2, 0.25) is 5.02 Å². The van der Waals surface area contributed by atoms with E-state index in [9.17, 15) is 4.79 Å². The molecule has 6 heteroatoms. The number of anilines is 1. The molecule has 0 aliphatic carbocycles. The van der Waals surface area contributed by atoms with Gasteiger partial charge in [-0.25, -0.2) is 0 Å². The normalized spacial score (nSPS) is 11.5. The summed E-state index contributed by atoms with van der Waals surface area (Å²) < 4.78 is 0. The van der Waals surface area contributed by atoms with Crippen molar-refractivity contribution in [3.05, 3.63) is 59.1 Å². The van der Waals surface area contributed by atoms with Crippen molar-refractivity contribution in [3.8, 4) is 0 Å². The van der Waals surface area contributed by atoms with E-state index in [1.165, 1.54) is 11.8 Å². The summed E-state index contributed by atoms with van der Waals surface area (Å²) >= 11 is 7.40. The second kappa shape index (κ2) is 10.6. The highest BCUT2D eigenvalue weighted by molar-refractivity contribution is 8.00. The van der Waals surface area contributed by atoms with Crippen LogP contribution in [0.1, 0.15) is 19.4 Å². The van der Waals surface area contributed by atoms with E-state index in [0.29, 0.717) is 5.02 Å². The standard InChI is InChI=1S/C18H21ClN2OS.ClH/c1-3-20-12-14-6-4-5-7-17(14)21-18(22)13(2)23-16-10-8-15(19)9-11-16;/h4-11,13,20H,3,12H2,1-2H3,(H,21,22);1H. The Balaban J connectivity index is 0.00000288. The molecular formula is C18H22Cl2N2OS. The van der Waals surface area contributed by atoms with Gasteiger partial charge in [-0.05, 0) is 49.4 Å². The molecule has 0 spiro atoms. The highest BCUT2D eigenvalue weighted by Gasteiger charge is 2.15. The number of carbonyl (C=O) groups is 1. The van der Waals surface area contributed by atoms with Crippen LogP contribution in [0.4, 0.5) is 5.69 Å². The van der Waals surface area contributed by atoms with Crippen LogP contribution in [0.5, 0.6) is 0 Å². The summed E-state index contributed by atoms with van der Waals surface area (Å²) in [5.74, 6) is -0.00565. The molecule has 0 saturated heterocycles. The number of halogens is 2. The monoisotopic (exact) mass is 384 g/mol. The maximum Gasteiger partial charge on any atom is 0.237 e. The quantitative estimate of drug-likeness (QED) is 0.660. The number of benzene rings is 2. The van der Waals surface area contributed by atoms with Crippen molar-refractivity contribution in [1.29, 1.82) is 0 Å². The van der Waals surface area contributed by atoms with Gasteiger partial charge in [0.1, 0.15) is 0 Å². The average Bonchev–Trinajstić information content (AvgIpc) is 2.56. The molecule has 2 aromatic rings. The van der Waals surface area contributed by atoms with Crippen molar-refractivity contribution < 1.29 is 4.79 Å². The number of hydrogen-bond acceptors (Lipinski definition) is 3. The van der Waals surface area contributed by atoms with Crippen LogP contribution in [-0.4, -0.2) is 17.7 Å². The van der Waals surface area contributed by atoms with Gasteiger partial charge >= 0.3 is 0 Å². The Morgan fingerprint density at radius 3 is 2.50 bits per heavy atom. The predicted octanol–water partition coefficient (Wildman–Crippen LogP) is 4.99. The maximum atomic E-state index is 12.4. The summed E-state index contributed by atoms with van der Waals surface area (Å²) in [4.78, 5) is 13.5. The van der Waals surface area contributed by atoms with Crippen molar-refractivity contribution >= 4 is 47.4 Å². The Morgan fingerprint density at radius 2 is 1.83 bits per heavy atom. The molecule has 0 saturated carbocycles. The molecule has 0 fully saturated rings. The fourth-order valence-electron chi connectivity index (χ4n) is 2.06. The summed E-state index contributed by atoms with van der Waals surface area (Å²) in [6.07, 6.45) is 0. The Hall–Kier alpha value is -1.20. The van der Waals surface area contributed by atoms with Gasteiger partial charge < -0.3 is 10.6 Å². The van der Waals surface area contributed by atoms with Crippen LogP contribution < -0.4 is 10.6 Å². The average molecular weight is 385 g/mol. The molecule has 3 nitrogen and oxygen atoms in total. The van der Waals surface area contributed by atoms with Gasteiger partial charge in [-0.15, -0.1) is 24.2 Å². The molecule has 24 heavy (non-hydrogen) atoms. The molecule has 0 bridgehead atoms. The lowest BCUT2D eigenvalue weighted by molar-refractivity contribution is -0.115. The number of hydrogen-bond donors (Lipinski definition) is 2. The highest BCUT2D eigenvalue weighted by atomic mass is 35.5. The van der Waals surface area contributed by atoms with Gasteiger partial charge in [-0.3, -0.25) is 4.79 Å². The highest BCUT2D eigenvalue weighted by Crippen LogP contribution is 2.26. The van der Waals surface area contributed by atoms with Crippen LogP contribution in [0.25, 0.3) is 0 Å². The Bertz CT molecular complexity index is 650. The van der Waals surface area contributed by atoms with Gasteiger partial charge in [0.25, 0.3) is 0 Å². The van der Waals surface area contributed by atoms with Crippen LogP contribution in [-0.2, 0) is 11.3 Å². The number of para-hydroxylation sites is 1. The minimum Gasteiger partial charge on any atom is -0.325 e. The second-order valence-corrected chi connectivity index (χ2v) is 6.99. The summed E-state index contributed by atoms with van der Waals surface area (Å²) in [5, 5.41) is 6.82. The third-order valence-corrected chi connectivity index (χ3v) is 4.70. The number of nitrogens with one attached hydrogen (secondary N) is 2. The van der Waals surface area contributed by atoms with Crippen LogP contribution in [0, 0.1) is 0 Å². The molecule has 1 unspecified atom stereocenters. The minimum absolute atomic E-state index is 0. The zero-order valence-electron chi connectivity index (χ0n) is 13.7. The Labute approximate surface area is 159 Å². The van der Waals surface area contributed by atoms with Crippen LogP contribution in [0.3, 0.4) is 0 Å². The van der Waals surface area contributed by atoms with Crippen LogP contribution >= 0.6 is 35.8 Å². The van der Waals surface area contributed by atoms with E-state index in [1.54, 1.807) is 0 Å². The Kier molecular flexibility index (Phi) is 9.22. The number of amides is 1. The van der Waals surface area contributed by atoms with Crippen molar-refractivity contribution in [3.63, 3.8) is 0 Å². The maximum absolute atomic E-state index is 12.4. The van der Waals surface area contributed by atoms with Crippen molar-refractivity contribution in [2.45, 2.75) is 30.5 Å². The molecule has 0 heterocycles. The second-order valence-electron chi connectivity index (χ2n) is 5.14. The van der Waals surface area contributed by atoms with E-state index in [1.807, 2.05) is 55.5 Å². The van der Waals surface area contributed by atoms with Crippen molar-refractivity contribution in [2.75, 3.05) is 11.9 Å². The topological polar surface area (TPSA) is 41.1 Å². The van der Waals surface area contributed by atoms with E-state index < -0.39 is 0 Å².